The largest absolute Gasteiger partial charge is 0.497 e. The second-order valence-corrected chi connectivity index (χ2v) is 6.65. The highest BCUT2D eigenvalue weighted by atomic mass is 32.1. The fourth-order valence-electron chi connectivity index (χ4n) is 2.36. The van der Waals surface area contributed by atoms with Crippen LogP contribution in [0.15, 0.2) is 68.6 Å². The first-order chi connectivity index (χ1) is 13.1. The molecule has 0 aliphatic rings. The molecule has 6 nitrogen and oxygen atoms in total. The van der Waals surface area contributed by atoms with Gasteiger partial charge in [0, 0.05) is 17.0 Å². The minimum absolute atomic E-state index is 0.541. The lowest BCUT2D eigenvalue weighted by atomic mass is 10.2. The SMILES string of the molecule is C=C(C)CN=c1scc(-c2ccco2)n1N=Cc1ccc(OC)cc1OC. The second kappa shape index (κ2) is 8.55. The zero-order valence-corrected chi connectivity index (χ0v) is 16.3. The Bertz CT molecular complexity index is 1010. The van der Waals surface area contributed by atoms with E-state index in [1.165, 1.54) is 11.3 Å². The number of hydrogen-bond donors (Lipinski definition) is 0. The Hall–Kier alpha value is -3.06. The molecule has 0 amide bonds. The predicted octanol–water partition coefficient (Wildman–Crippen LogP) is 4.19. The molecule has 0 bridgehead atoms. The summed E-state index contributed by atoms with van der Waals surface area (Å²) in [4.78, 5) is 5.35. The molecule has 27 heavy (non-hydrogen) atoms. The van der Waals surface area contributed by atoms with Gasteiger partial charge in [-0.05, 0) is 31.2 Å². The lowest BCUT2D eigenvalue weighted by Gasteiger charge is -2.07. The van der Waals surface area contributed by atoms with Gasteiger partial charge >= 0.3 is 0 Å². The van der Waals surface area contributed by atoms with Gasteiger partial charge in [0.25, 0.3) is 0 Å². The molecule has 0 atom stereocenters. The molecular formula is C20H21N3O3S. The Morgan fingerprint density at radius 2 is 2.15 bits per heavy atom. The van der Waals surface area contributed by atoms with Crippen molar-refractivity contribution in [3.05, 3.63) is 64.5 Å². The van der Waals surface area contributed by atoms with Crippen LogP contribution in [0.1, 0.15) is 12.5 Å². The van der Waals surface area contributed by atoms with Crippen LogP contribution in [0.4, 0.5) is 0 Å². The Morgan fingerprint density at radius 1 is 1.30 bits per heavy atom. The molecule has 0 N–H and O–H groups in total. The Morgan fingerprint density at radius 3 is 2.81 bits per heavy atom. The predicted molar refractivity (Wildman–Crippen MR) is 108 cm³/mol. The van der Waals surface area contributed by atoms with Crippen LogP contribution in [0.3, 0.4) is 0 Å². The van der Waals surface area contributed by atoms with E-state index in [9.17, 15) is 0 Å². The number of hydrogen-bond acceptors (Lipinski definition) is 6. The van der Waals surface area contributed by atoms with E-state index in [-0.39, 0.29) is 0 Å². The number of methoxy groups -OCH3 is 2. The molecule has 1 aromatic carbocycles. The maximum Gasteiger partial charge on any atom is 0.206 e. The molecule has 0 saturated heterocycles. The normalized spacial score (nSPS) is 11.9. The first-order valence-electron chi connectivity index (χ1n) is 8.28. The van der Waals surface area contributed by atoms with Crippen LogP contribution < -0.4 is 14.3 Å². The Balaban J connectivity index is 2.05. The minimum Gasteiger partial charge on any atom is -0.497 e. The van der Waals surface area contributed by atoms with E-state index in [0.29, 0.717) is 12.3 Å². The number of aromatic nitrogens is 1. The number of furan rings is 1. The molecule has 0 saturated carbocycles. The number of thiazole rings is 1. The van der Waals surface area contributed by atoms with E-state index in [0.717, 1.165) is 33.1 Å². The highest BCUT2D eigenvalue weighted by Crippen LogP contribution is 2.24. The smallest absolute Gasteiger partial charge is 0.206 e. The van der Waals surface area contributed by atoms with E-state index >= 15 is 0 Å². The van der Waals surface area contributed by atoms with Crippen LogP contribution in [0.2, 0.25) is 0 Å². The first kappa shape index (κ1) is 18.7. The van der Waals surface area contributed by atoms with Crippen LogP contribution in [0, 0.1) is 0 Å². The van der Waals surface area contributed by atoms with Gasteiger partial charge in [-0.3, -0.25) is 4.99 Å². The highest BCUT2D eigenvalue weighted by molar-refractivity contribution is 7.07. The van der Waals surface area contributed by atoms with Gasteiger partial charge in [-0.15, -0.1) is 11.3 Å². The third-order valence-electron chi connectivity index (χ3n) is 3.70. The number of benzene rings is 1. The van der Waals surface area contributed by atoms with E-state index in [2.05, 4.69) is 16.7 Å². The van der Waals surface area contributed by atoms with Crippen LogP contribution in [0.5, 0.6) is 11.5 Å². The molecule has 0 radical (unpaired) electrons. The third kappa shape index (κ3) is 4.38. The molecule has 3 aromatic rings. The Labute approximate surface area is 161 Å². The average molecular weight is 383 g/mol. The van der Waals surface area contributed by atoms with Crippen molar-refractivity contribution >= 4 is 17.6 Å². The molecule has 0 fully saturated rings. The maximum atomic E-state index is 5.54. The van der Waals surface area contributed by atoms with Crippen LogP contribution in [-0.4, -0.2) is 31.7 Å². The van der Waals surface area contributed by atoms with Crippen LogP contribution in [0.25, 0.3) is 11.5 Å². The van der Waals surface area contributed by atoms with E-state index in [1.54, 1.807) is 31.4 Å². The van der Waals surface area contributed by atoms with Crippen molar-refractivity contribution in [3.8, 4) is 23.0 Å². The van der Waals surface area contributed by atoms with Gasteiger partial charge in [-0.25, -0.2) is 4.68 Å². The quantitative estimate of drug-likeness (QED) is 0.454. The van der Waals surface area contributed by atoms with E-state index in [1.807, 2.05) is 42.6 Å². The zero-order chi connectivity index (χ0) is 19.2. The standard InChI is InChI=1S/C20H21N3O3S/c1-14(2)11-21-20-23(17(13-27-20)18-6-5-9-26-18)22-12-15-7-8-16(24-3)10-19(15)25-4/h5-10,12-13H,1,11H2,2-4H3. The topological polar surface area (TPSA) is 61.2 Å². The van der Waals surface area contributed by atoms with Crippen molar-refractivity contribution in [3.63, 3.8) is 0 Å². The highest BCUT2D eigenvalue weighted by Gasteiger charge is 2.10. The van der Waals surface area contributed by atoms with Crippen LogP contribution in [-0.2, 0) is 0 Å². The fourth-order valence-corrected chi connectivity index (χ4v) is 3.18. The van der Waals surface area contributed by atoms with Crippen LogP contribution >= 0.6 is 11.3 Å². The number of rotatable bonds is 7. The monoisotopic (exact) mass is 383 g/mol. The molecular weight excluding hydrogens is 362 g/mol. The molecule has 0 unspecified atom stereocenters. The molecule has 7 heteroatoms. The van der Waals surface area contributed by atoms with Gasteiger partial charge in [-0.2, -0.15) is 5.10 Å². The first-order valence-corrected chi connectivity index (χ1v) is 9.16. The molecule has 2 heterocycles. The van der Waals surface area contributed by atoms with Gasteiger partial charge < -0.3 is 13.9 Å². The van der Waals surface area contributed by atoms with Crippen molar-refractivity contribution < 1.29 is 13.9 Å². The maximum absolute atomic E-state index is 5.54. The summed E-state index contributed by atoms with van der Waals surface area (Å²) in [7, 11) is 3.24. The van der Waals surface area contributed by atoms with E-state index < -0.39 is 0 Å². The molecule has 3 rings (SSSR count). The third-order valence-corrected chi connectivity index (χ3v) is 4.55. The second-order valence-electron chi connectivity index (χ2n) is 5.82. The summed E-state index contributed by atoms with van der Waals surface area (Å²) in [5.41, 5.74) is 2.64. The average Bonchev–Trinajstić information content (AvgIpc) is 3.33. The summed E-state index contributed by atoms with van der Waals surface area (Å²) in [6.07, 6.45) is 3.37. The lowest BCUT2D eigenvalue weighted by molar-refractivity contribution is 0.394. The van der Waals surface area contributed by atoms with Crippen molar-refractivity contribution in [1.29, 1.82) is 0 Å². The van der Waals surface area contributed by atoms with Crippen molar-refractivity contribution in [2.75, 3.05) is 20.8 Å². The minimum atomic E-state index is 0.541. The summed E-state index contributed by atoms with van der Waals surface area (Å²) >= 11 is 1.50. The zero-order valence-electron chi connectivity index (χ0n) is 15.5. The summed E-state index contributed by atoms with van der Waals surface area (Å²) in [5.74, 6) is 2.12. The van der Waals surface area contributed by atoms with Gasteiger partial charge in [0.05, 0.1) is 33.2 Å². The van der Waals surface area contributed by atoms with Gasteiger partial charge in [0.2, 0.25) is 4.80 Å². The fraction of sp³-hybridized carbons (Fsp3) is 0.200. The lowest BCUT2D eigenvalue weighted by Crippen LogP contribution is -2.13. The molecule has 2 aromatic heterocycles. The number of nitrogens with zero attached hydrogens (tertiary/aromatic N) is 3. The Kier molecular flexibility index (Phi) is 5.93. The van der Waals surface area contributed by atoms with Gasteiger partial charge in [-0.1, -0.05) is 12.2 Å². The van der Waals surface area contributed by atoms with E-state index in [4.69, 9.17) is 13.9 Å². The van der Waals surface area contributed by atoms with Crippen molar-refractivity contribution in [1.82, 2.24) is 4.68 Å². The van der Waals surface area contributed by atoms with Gasteiger partial charge in [0.15, 0.2) is 5.76 Å². The molecule has 0 spiro atoms. The van der Waals surface area contributed by atoms with Crippen molar-refractivity contribution in [2.24, 2.45) is 10.1 Å². The molecule has 0 aliphatic heterocycles. The van der Waals surface area contributed by atoms with Gasteiger partial charge in [0.1, 0.15) is 17.2 Å². The summed E-state index contributed by atoms with van der Waals surface area (Å²) < 4.78 is 18.0. The number of ether oxygens (including phenoxy) is 2. The summed E-state index contributed by atoms with van der Waals surface area (Å²) in [6, 6.07) is 9.32. The van der Waals surface area contributed by atoms with Crippen molar-refractivity contribution in [2.45, 2.75) is 6.92 Å². The molecule has 0 aliphatic carbocycles. The summed E-state index contributed by atoms with van der Waals surface area (Å²) in [5, 5.41) is 6.60. The molecule has 140 valence electrons. The summed E-state index contributed by atoms with van der Waals surface area (Å²) in [6.45, 7) is 6.39.